The van der Waals surface area contributed by atoms with Gasteiger partial charge in [-0.15, -0.1) is 5.10 Å². The van der Waals surface area contributed by atoms with E-state index in [1.165, 1.54) is 12.8 Å². The normalized spacial score (nSPS) is 18.5. The summed E-state index contributed by atoms with van der Waals surface area (Å²) in [7, 11) is 0. The third-order valence-corrected chi connectivity index (χ3v) is 3.57. The zero-order chi connectivity index (χ0) is 14.7. The van der Waals surface area contributed by atoms with E-state index in [1.54, 1.807) is 11.1 Å². The van der Waals surface area contributed by atoms with Crippen molar-refractivity contribution >= 4 is 17.9 Å². The first-order chi connectivity index (χ1) is 10.3. The number of nitrogens with one attached hydrogen (secondary N) is 1. The van der Waals surface area contributed by atoms with Gasteiger partial charge in [-0.05, 0) is 19.8 Å². The number of hydrogen-bond acceptors (Lipinski definition) is 7. The highest BCUT2D eigenvalue weighted by Crippen LogP contribution is 2.23. The third kappa shape index (κ3) is 3.50. The highest BCUT2D eigenvalue weighted by molar-refractivity contribution is 5.68. The molecule has 21 heavy (non-hydrogen) atoms. The minimum absolute atomic E-state index is 0.250. The molecule has 1 aliphatic carbocycles. The summed E-state index contributed by atoms with van der Waals surface area (Å²) in [6, 6.07) is 0.537. The van der Waals surface area contributed by atoms with Crippen LogP contribution in [0, 0.1) is 0 Å². The molecule has 0 unspecified atom stereocenters. The molecule has 1 saturated heterocycles. The van der Waals surface area contributed by atoms with Gasteiger partial charge in [-0.1, -0.05) is 0 Å². The second-order valence-electron chi connectivity index (χ2n) is 5.23. The van der Waals surface area contributed by atoms with Crippen LogP contribution in [0.3, 0.4) is 0 Å². The molecular weight excluding hydrogens is 272 g/mol. The maximum Gasteiger partial charge on any atom is 0.409 e. The van der Waals surface area contributed by atoms with E-state index in [0.29, 0.717) is 44.8 Å². The number of anilines is 2. The van der Waals surface area contributed by atoms with E-state index < -0.39 is 0 Å². The third-order valence-electron chi connectivity index (χ3n) is 3.57. The van der Waals surface area contributed by atoms with Crippen LogP contribution >= 0.6 is 0 Å². The number of carbonyl (C=O) groups excluding carboxylic acids is 1. The zero-order valence-electron chi connectivity index (χ0n) is 12.2. The lowest BCUT2D eigenvalue weighted by molar-refractivity contribution is 0.105. The first kappa shape index (κ1) is 13.8. The van der Waals surface area contributed by atoms with E-state index >= 15 is 0 Å². The zero-order valence-corrected chi connectivity index (χ0v) is 12.2. The van der Waals surface area contributed by atoms with Crippen LogP contribution in [-0.2, 0) is 4.74 Å². The Hall–Kier alpha value is -2.12. The van der Waals surface area contributed by atoms with Crippen LogP contribution < -0.4 is 10.2 Å². The molecule has 2 fully saturated rings. The molecular formula is C13H20N6O2. The van der Waals surface area contributed by atoms with Gasteiger partial charge in [0.15, 0.2) is 5.82 Å². The van der Waals surface area contributed by atoms with Gasteiger partial charge in [0.1, 0.15) is 0 Å². The molecule has 1 aromatic rings. The topological polar surface area (TPSA) is 83.5 Å². The molecule has 1 amide bonds. The summed E-state index contributed by atoms with van der Waals surface area (Å²) in [5.41, 5.74) is 0. The van der Waals surface area contributed by atoms with E-state index in [-0.39, 0.29) is 6.09 Å². The second-order valence-corrected chi connectivity index (χ2v) is 5.23. The van der Waals surface area contributed by atoms with E-state index in [2.05, 4.69) is 20.5 Å². The molecule has 0 aromatic carbocycles. The fourth-order valence-electron chi connectivity index (χ4n) is 2.24. The maximum absolute atomic E-state index is 11.7. The Morgan fingerprint density at radius 2 is 2.14 bits per heavy atom. The van der Waals surface area contributed by atoms with Gasteiger partial charge in [0.25, 0.3) is 0 Å². The number of nitrogens with zero attached hydrogens (tertiary/aromatic N) is 5. The van der Waals surface area contributed by atoms with Crippen molar-refractivity contribution in [2.24, 2.45) is 0 Å². The summed E-state index contributed by atoms with van der Waals surface area (Å²) in [5.74, 6) is 1.39. The van der Waals surface area contributed by atoms with Crippen molar-refractivity contribution < 1.29 is 9.53 Å². The van der Waals surface area contributed by atoms with Gasteiger partial charge in [-0.3, -0.25) is 0 Å². The van der Waals surface area contributed by atoms with Crippen LogP contribution in [0.15, 0.2) is 6.20 Å². The van der Waals surface area contributed by atoms with Gasteiger partial charge >= 0.3 is 6.09 Å². The summed E-state index contributed by atoms with van der Waals surface area (Å²) in [5, 5.41) is 11.4. The smallest absolute Gasteiger partial charge is 0.409 e. The van der Waals surface area contributed by atoms with Crippen molar-refractivity contribution in [3.05, 3.63) is 6.20 Å². The molecule has 114 valence electrons. The highest BCUT2D eigenvalue weighted by Gasteiger charge is 2.25. The largest absolute Gasteiger partial charge is 0.450 e. The molecule has 0 spiro atoms. The summed E-state index contributed by atoms with van der Waals surface area (Å²) in [4.78, 5) is 19.9. The van der Waals surface area contributed by atoms with Crippen LogP contribution in [0.25, 0.3) is 0 Å². The van der Waals surface area contributed by atoms with Gasteiger partial charge in [-0.25, -0.2) is 4.79 Å². The van der Waals surface area contributed by atoms with Crippen LogP contribution in [0.4, 0.5) is 16.6 Å². The van der Waals surface area contributed by atoms with Crippen LogP contribution in [0.2, 0.25) is 0 Å². The van der Waals surface area contributed by atoms with Crippen LogP contribution in [0.5, 0.6) is 0 Å². The van der Waals surface area contributed by atoms with E-state index in [1.807, 2.05) is 11.8 Å². The van der Waals surface area contributed by atoms with Crippen molar-refractivity contribution in [1.29, 1.82) is 0 Å². The molecule has 2 heterocycles. The van der Waals surface area contributed by atoms with Crippen molar-refractivity contribution in [2.75, 3.05) is 43.0 Å². The molecule has 1 N–H and O–H groups in total. The SMILES string of the molecule is CCOC(=O)N1CCN(c2nncc(NC3CC3)n2)CC1. The molecule has 1 aliphatic heterocycles. The predicted molar refractivity (Wildman–Crippen MR) is 77.3 cm³/mol. The van der Waals surface area contributed by atoms with Gasteiger partial charge in [0, 0.05) is 32.2 Å². The molecule has 2 aliphatic rings. The van der Waals surface area contributed by atoms with Gasteiger partial charge in [-0.2, -0.15) is 10.1 Å². The van der Waals surface area contributed by atoms with E-state index in [4.69, 9.17) is 4.74 Å². The minimum Gasteiger partial charge on any atom is -0.450 e. The lowest BCUT2D eigenvalue weighted by Crippen LogP contribution is -2.49. The first-order valence-electron chi connectivity index (χ1n) is 7.39. The number of aromatic nitrogens is 3. The van der Waals surface area contributed by atoms with Crippen LogP contribution in [0.1, 0.15) is 19.8 Å². The monoisotopic (exact) mass is 292 g/mol. The number of hydrogen-bond donors (Lipinski definition) is 1. The predicted octanol–water partition coefficient (Wildman–Crippen LogP) is 0.724. The number of rotatable bonds is 4. The highest BCUT2D eigenvalue weighted by atomic mass is 16.6. The van der Waals surface area contributed by atoms with E-state index in [9.17, 15) is 4.79 Å². The Bertz CT molecular complexity index is 499. The summed E-state index contributed by atoms with van der Waals surface area (Å²) < 4.78 is 5.01. The maximum atomic E-state index is 11.7. The fraction of sp³-hybridized carbons (Fsp3) is 0.692. The van der Waals surface area contributed by atoms with Gasteiger partial charge in [0.05, 0.1) is 12.8 Å². The van der Waals surface area contributed by atoms with Gasteiger partial charge < -0.3 is 19.9 Å². The Kier molecular flexibility index (Phi) is 4.03. The molecule has 1 saturated carbocycles. The van der Waals surface area contributed by atoms with Crippen LogP contribution in [-0.4, -0.2) is 65.0 Å². The molecule has 8 heteroatoms. The standard InChI is InChI=1S/C13H20N6O2/c1-2-21-13(20)19-7-5-18(6-8-19)12-16-11(9-14-17-12)15-10-3-4-10/h9-10H,2-8H2,1H3,(H,15,16,17). The van der Waals surface area contributed by atoms with Crippen molar-refractivity contribution in [3.63, 3.8) is 0 Å². The van der Waals surface area contributed by atoms with Gasteiger partial charge in [0.2, 0.25) is 5.95 Å². The average Bonchev–Trinajstić information content (AvgIpc) is 3.32. The minimum atomic E-state index is -0.250. The summed E-state index contributed by atoms with van der Waals surface area (Å²) >= 11 is 0. The number of carbonyl (C=O) groups is 1. The Balaban J connectivity index is 1.57. The Labute approximate surface area is 123 Å². The molecule has 0 bridgehead atoms. The Morgan fingerprint density at radius 3 is 2.81 bits per heavy atom. The second kappa shape index (κ2) is 6.11. The lowest BCUT2D eigenvalue weighted by atomic mass is 10.3. The number of ether oxygens (including phenoxy) is 1. The summed E-state index contributed by atoms with van der Waals surface area (Å²) in [6.07, 6.45) is 3.78. The first-order valence-corrected chi connectivity index (χ1v) is 7.39. The Morgan fingerprint density at radius 1 is 1.38 bits per heavy atom. The molecule has 0 atom stereocenters. The molecule has 3 rings (SSSR count). The summed E-state index contributed by atoms with van der Waals surface area (Å²) in [6.45, 7) is 4.82. The number of amides is 1. The molecule has 8 nitrogen and oxygen atoms in total. The van der Waals surface area contributed by atoms with Crippen molar-refractivity contribution in [3.8, 4) is 0 Å². The van der Waals surface area contributed by atoms with Crippen molar-refractivity contribution in [2.45, 2.75) is 25.8 Å². The molecule has 0 radical (unpaired) electrons. The average molecular weight is 292 g/mol. The van der Waals surface area contributed by atoms with E-state index in [0.717, 1.165) is 5.82 Å². The fourth-order valence-corrected chi connectivity index (χ4v) is 2.24. The number of piperazine rings is 1. The quantitative estimate of drug-likeness (QED) is 0.875. The lowest BCUT2D eigenvalue weighted by Gasteiger charge is -2.33. The van der Waals surface area contributed by atoms with Crippen molar-refractivity contribution in [1.82, 2.24) is 20.1 Å². The molecule has 1 aromatic heterocycles.